The molecule has 0 atom stereocenters. The first-order valence-electron chi connectivity index (χ1n) is 4.38. The van der Waals surface area contributed by atoms with Crippen molar-refractivity contribution >= 4 is 12.4 Å². The number of aryl methyl sites for hydroxylation is 2. The smallest absolute Gasteiger partial charge is 0.0458 e. The van der Waals surface area contributed by atoms with Crippen molar-refractivity contribution in [3.8, 4) is 0 Å². The maximum atomic E-state index is 8.52. The molecule has 0 bridgehead atoms. The van der Waals surface area contributed by atoms with Crippen LogP contribution in [0.2, 0.25) is 0 Å². The van der Waals surface area contributed by atoms with Gasteiger partial charge in [0.05, 0.1) is 0 Å². The highest BCUT2D eigenvalue weighted by molar-refractivity contribution is 5.85. The predicted octanol–water partition coefficient (Wildman–Crippen LogP) is 2.08. The van der Waals surface area contributed by atoms with Gasteiger partial charge in [0.1, 0.15) is 0 Å². The van der Waals surface area contributed by atoms with Crippen molar-refractivity contribution < 1.29 is 5.21 Å². The zero-order valence-corrected chi connectivity index (χ0v) is 8.23. The van der Waals surface area contributed by atoms with Crippen LogP contribution >= 0.6 is 12.4 Å². The Morgan fingerprint density at radius 1 is 1.23 bits per heavy atom. The minimum Gasteiger partial charge on any atom is -0.316 e. The molecule has 0 spiro atoms. The molecular formula is C10H14ClNO. The molecule has 0 aliphatic heterocycles. The summed E-state index contributed by atoms with van der Waals surface area (Å²) in [6.45, 7) is 0.549. The van der Waals surface area contributed by atoms with Crippen LogP contribution in [-0.2, 0) is 19.4 Å². The summed E-state index contributed by atoms with van der Waals surface area (Å²) in [6.07, 6.45) is 3.71. The summed E-state index contributed by atoms with van der Waals surface area (Å²) in [5.74, 6) is 0. The molecule has 2 rings (SSSR count). The molecule has 1 aliphatic carbocycles. The summed E-state index contributed by atoms with van der Waals surface area (Å²) < 4.78 is 0. The summed E-state index contributed by atoms with van der Waals surface area (Å²) in [4.78, 5) is 0. The summed E-state index contributed by atoms with van der Waals surface area (Å²) in [5.41, 5.74) is 6.28. The van der Waals surface area contributed by atoms with E-state index in [4.69, 9.17) is 5.21 Å². The molecular weight excluding hydrogens is 186 g/mol. The van der Waals surface area contributed by atoms with Crippen LogP contribution in [0.3, 0.4) is 0 Å². The summed E-state index contributed by atoms with van der Waals surface area (Å²) >= 11 is 0. The van der Waals surface area contributed by atoms with E-state index in [1.165, 1.54) is 30.4 Å². The van der Waals surface area contributed by atoms with E-state index in [-0.39, 0.29) is 12.4 Å². The van der Waals surface area contributed by atoms with E-state index in [1.54, 1.807) is 0 Å². The molecule has 1 aromatic carbocycles. The predicted molar refractivity (Wildman–Crippen MR) is 54.3 cm³/mol. The minimum atomic E-state index is 0. The third kappa shape index (κ3) is 2.21. The van der Waals surface area contributed by atoms with Crippen molar-refractivity contribution in [2.45, 2.75) is 25.8 Å². The Morgan fingerprint density at radius 2 is 2.00 bits per heavy atom. The van der Waals surface area contributed by atoms with E-state index in [0.29, 0.717) is 6.54 Å². The first-order valence-corrected chi connectivity index (χ1v) is 4.38. The fraction of sp³-hybridized carbons (Fsp3) is 0.400. The molecule has 13 heavy (non-hydrogen) atoms. The molecule has 0 aromatic heterocycles. The highest BCUT2D eigenvalue weighted by Gasteiger charge is 2.09. The maximum Gasteiger partial charge on any atom is 0.0458 e. The molecule has 2 N–H and O–H groups in total. The fourth-order valence-electron chi connectivity index (χ4n) is 1.83. The lowest BCUT2D eigenvalue weighted by molar-refractivity contribution is 0.161. The average molecular weight is 200 g/mol. The Bertz CT molecular complexity index is 288. The summed E-state index contributed by atoms with van der Waals surface area (Å²) in [5, 5.41) is 8.52. The molecule has 1 aromatic rings. The zero-order chi connectivity index (χ0) is 8.39. The van der Waals surface area contributed by atoms with Gasteiger partial charge in [-0.1, -0.05) is 18.2 Å². The highest BCUT2D eigenvalue weighted by atomic mass is 35.5. The Balaban J connectivity index is 0.000000845. The second kappa shape index (κ2) is 4.61. The topological polar surface area (TPSA) is 32.3 Å². The first-order chi connectivity index (χ1) is 5.90. The molecule has 0 heterocycles. The van der Waals surface area contributed by atoms with Crippen molar-refractivity contribution in [1.29, 1.82) is 0 Å². The van der Waals surface area contributed by atoms with E-state index < -0.39 is 0 Å². The highest BCUT2D eigenvalue weighted by Crippen LogP contribution is 2.22. The number of hydrogen-bond donors (Lipinski definition) is 2. The molecule has 3 heteroatoms. The van der Waals surface area contributed by atoms with Gasteiger partial charge in [-0.05, 0) is 36.0 Å². The minimum absolute atomic E-state index is 0. The van der Waals surface area contributed by atoms with E-state index in [1.807, 2.05) is 0 Å². The Labute approximate surface area is 84.3 Å². The molecule has 2 nitrogen and oxygen atoms in total. The van der Waals surface area contributed by atoms with Gasteiger partial charge in [-0.25, -0.2) is 5.48 Å². The van der Waals surface area contributed by atoms with Crippen LogP contribution in [0.4, 0.5) is 0 Å². The third-order valence-corrected chi connectivity index (χ3v) is 2.45. The fourth-order valence-corrected chi connectivity index (χ4v) is 1.83. The Kier molecular flexibility index (Phi) is 3.72. The van der Waals surface area contributed by atoms with Gasteiger partial charge in [-0.15, -0.1) is 12.4 Å². The molecule has 0 amide bonds. The van der Waals surface area contributed by atoms with Crippen molar-refractivity contribution in [1.82, 2.24) is 5.48 Å². The van der Waals surface area contributed by atoms with Gasteiger partial charge in [-0.2, -0.15) is 0 Å². The van der Waals surface area contributed by atoms with Crippen LogP contribution in [0, 0.1) is 0 Å². The second-order valence-electron chi connectivity index (χ2n) is 3.29. The number of halogens is 1. The third-order valence-electron chi connectivity index (χ3n) is 2.45. The average Bonchev–Trinajstić information content (AvgIpc) is 2.51. The van der Waals surface area contributed by atoms with E-state index in [2.05, 4.69) is 23.7 Å². The van der Waals surface area contributed by atoms with Crippen LogP contribution in [0.5, 0.6) is 0 Å². The van der Waals surface area contributed by atoms with E-state index >= 15 is 0 Å². The molecule has 1 aliphatic rings. The number of hydroxylamine groups is 1. The monoisotopic (exact) mass is 199 g/mol. The maximum absolute atomic E-state index is 8.52. The van der Waals surface area contributed by atoms with Gasteiger partial charge in [-0.3, -0.25) is 0 Å². The largest absolute Gasteiger partial charge is 0.316 e. The van der Waals surface area contributed by atoms with Crippen molar-refractivity contribution in [3.05, 3.63) is 34.9 Å². The van der Waals surface area contributed by atoms with Crippen molar-refractivity contribution in [2.24, 2.45) is 0 Å². The number of rotatable bonds is 2. The molecule has 0 fully saturated rings. The van der Waals surface area contributed by atoms with E-state index in [9.17, 15) is 0 Å². The summed E-state index contributed by atoms with van der Waals surface area (Å²) in [6, 6.07) is 6.44. The second-order valence-corrected chi connectivity index (χ2v) is 3.29. The van der Waals surface area contributed by atoms with Gasteiger partial charge in [0.15, 0.2) is 0 Å². The molecule has 0 saturated carbocycles. The molecule has 72 valence electrons. The number of hydrogen-bond acceptors (Lipinski definition) is 2. The van der Waals surface area contributed by atoms with Gasteiger partial charge in [0, 0.05) is 6.54 Å². The zero-order valence-electron chi connectivity index (χ0n) is 7.42. The Morgan fingerprint density at radius 3 is 2.77 bits per heavy atom. The number of fused-ring (bicyclic) bond motifs is 1. The lowest BCUT2D eigenvalue weighted by atomic mass is 10.1. The van der Waals surface area contributed by atoms with Gasteiger partial charge in [0.25, 0.3) is 0 Å². The van der Waals surface area contributed by atoms with Crippen molar-refractivity contribution in [2.75, 3.05) is 0 Å². The van der Waals surface area contributed by atoms with Crippen LogP contribution in [-0.4, -0.2) is 5.21 Å². The lowest BCUT2D eigenvalue weighted by Gasteiger charge is -2.02. The van der Waals surface area contributed by atoms with Crippen LogP contribution in [0.25, 0.3) is 0 Å². The first kappa shape index (κ1) is 10.5. The van der Waals surface area contributed by atoms with Gasteiger partial charge in [0.2, 0.25) is 0 Å². The van der Waals surface area contributed by atoms with Crippen LogP contribution < -0.4 is 5.48 Å². The molecule has 0 saturated heterocycles. The van der Waals surface area contributed by atoms with Gasteiger partial charge >= 0.3 is 0 Å². The quantitative estimate of drug-likeness (QED) is 0.715. The normalized spacial score (nSPS) is 13.6. The number of nitrogens with one attached hydrogen (secondary N) is 1. The van der Waals surface area contributed by atoms with Crippen molar-refractivity contribution in [3.63, 3.8) is 0 Å². The SMILES string of the molecule is Cl.ONCc1ccc2c(c1)CCC2. The van der Waals surface area contributed by atoms with Gasteiger partial charge < -0.3 is 5.21 Å². The Hall–Kier alpha value is -0.570. The number of benzene rings is 1. The molecule has 0 unspecified atom stereocenters. The summed E-state index contributed by atoms with van der Waals surface area (Å²) in [7, 11) is 0. The van der Waals surface area contributed by atoms with E-state index in [0.717, 1.165) is 5.56 Å². The lowest BCUT2D eigenvalue weighted by Crippen LogP contribution is -2.06. The van der Waals surface area contributed by atoms with Crippen LogP contribution in [0.15, 0.2) is 18.2 Å². The molecule has 0 radical (unpaired) electrons. The standard InChI is InChI=1S/C10H13NO.ClH/c12-11-7-8-4-5-9-2-1-3-10(9)6-8;/h4-6,11-12H,1-3,7H2;1H. The van der Waals surface area contributed by atoms with Crippen LogP contribution in [0.1, 0.15) is 23.1 Å².